The van der Waals surface area contributed by atoms with E-state index in [9.17, 15) is 24.3 Å². The molecule has 0 spiro atoms. The van der Waals surface area contributed by atoms with E-state index in [1.165, 1.54) is 30.1 Å². The molecule has 4 amide bonds. The number of para-hydroxylation sites is 1. The van der Waals surface area contributed by atoms with Gasteiger partial charge in [0.1, 0.15) is 17.2 Å². The molecule has 0 radical (unpaired) electrons. The van der Waals surface area contributed by atoms with Crippen LogP contribution in [0.5, 0.6) is 17.2 Å². The summed E-state index contributed by atoms with van der Waals surface area (Å²) < 4.78 is 11.2. The molecule has 2 saturated carbocycles. The summed E-state index contributed by atoms with van der Waals surface area (Å²) in [5.41, 5.74) is 0.391. The Kier molecular flexibility index (Phi) is 6.83. The number of allylic oxidation sites excluding steroid dienone is 2. The molecule has 2 aromatic carbocycles. The van der Waals surface area contributed by atoms with Crippen LogP contribution in [0.25, 0.3) is 0 Å². The molecule has 2 saturated heterocycles. The van der Waals surface area contributed by atoms with E-state index < -0.39 is 35.0 Å². The first-order chi connectivity index (χ1) is 21.2. The molecule has 2 aliphatic heterocycles. The van der Waals surface area contributed by atoms with Gasteiger partial charge in [-0.25, -0.2) is 4.90 Å². The van der Waals surface area contributed by atoms with E-state index in [2.05, 4.69) is 0 Å². The van der Waals surface area contributed by atoms with E-state index >= 15 is 0 Å². The number of carbonyl (C=O) groups is 4. The highest BCUT2D eigenvalue weighted by atomic mass is 16.5. The summed E-state index contributed by atoms with van der Waals surface area (Å²) in [6.07, 6.45) is 7.37. The topological polar surface area (TPSA) is 113 Å². The van der Waals surface area contributed by atoms with Crippen LogP contribution in [0, 0.1) is 29.1 Å². The molecule has 4 fully saturated rings. The maximum Gasteiger partial charge on any atom is 0.241 e. The molecule has 6 atom stereocenters. The maximum atomic E-state index is 14.6. The van der Waals surface area contributed by atoms with Crippen LogP contribution in [0.15, 0.2) is 54.1 Å². The van der Waals surface area contributed by atoms with Crippen molar-refractivity contribution in [2.45, 2.75) is 63.8 Å². The van der Waals surface area contributed by atoms with Gasteiger partial charge in [-0.2, -0.15) is 0 Å². The van der Waals surface area contributed by atoms with Crippen molar-refractivity contribution in [3.63, 3.8) is 0 Å². The minimum Gasteiger partial charge on any atom is -0.507 e. The first kappa shape index (κ1) is 28.6. The third-order valence-corrected chi connectivity index (χ3v) is 11.1. The highest BCUT2D eigenvalue weighted by molar-refractivity contribution is 6.24. The number of phenolic OH excluding ortho intramolecular Hbond substituents is 1. The number of hydrogen-bond acceptors (Lipinski definition) is 7. The van der Waals surface area contributed by atoms with Crippen LogP contribution >= 0.6 is 0 Å². The van der Waals surface area contributed by atoms with Crippen LogP contribution in [0.3, 0.4) is 0 Å². The Labute approximate surface area is 256 Å². The normalized spacial score (nSPS) is 31.9. The third-order valence-electron chi connectivity index (χ3n) is 11.1. The zero-order chi connectivity index (χ0) is 30.9. The van der Waals surface area contributed by atoms with Gasteiger partial charge in [-0.15, -0.1) is 0 Å². The zero-order valence-corrected chi connectivity index (χ0v) is 25.3. The van der Waals surface area contributed by atoms with Gasteiger partial charge >= 0.3 is 0 Å². The van der Waals surface area contributed by atoms with E-state index in [-0.39, 0.29) is 41.8 Å². The Morgan fingerprint density at radius 2 is 1.61 bits per heavy atom. The first-order valence-electron chi connectivity index (χ1n) is 15.7. The van der Waals surface area contributed by atoms with Crippen LogP contribution in [0.1, 0.15) is 63.4 Å². The average Bonchev–Trinajstić information content (AvgIpc) is 3.41. The fourth-order valence-electron chi connectivity index (χ4n) is 9.03. The number of imide groups is 2. The molecular formula is C35H38N2O7. The van der Waals surface area contributed by atoms with Crippen molar-refractivity contribution in [3.05, 3.63) is 59.7 Å². The number of methoxy groups -OCH3 is 2. The van der Waals surface area contributed by atoms with Crippen molar-refractivity contribution < 1.29 is 33.8 Å². The van der Waals surface area contributed by atoms with Crippen molar-refractivity contribution in [1.82, 2.24) is 4.90 Å². The van der Waals surface area contributed by atoms with E-state index in [0.717, 1.165) is 37.7 Å². The van der Waals surface area contributed by atoms with Gasteiger partial charge in [-0.1, -0.05) is 49.1 Å². The number of fused-ring (bicyclic) bond motifs is 4. The molecule has 2 heterocycles. The lowest BCUT2D eigenvalue weighted by molar-refractivity contribution is -0.144. The number of aromatic hydroxyl groups is 1. The lowest BCUT2D eigenvalue weighted by Crippen LogP contribution is -2.49. The maximum absolute atomic E-state index is 14.6. The smallest absolute Gasteiger partial charge is 0.241 e. The number of ether oxygens (including phenoxy) is 2. The van der Waals surface area contributed by atoms with Crippen LogP contribution < -0.4 is 14.4 Å². The van der Waals surface area contributed by atoms with Crippen molar-refractivity contribution in [1.29, 1.82) is 0 Å². The summed E-state index contributed by atoms with van der Waals surface area (Å²) in [5.74, 6) is -3.48. The summed E-state index contributed by atoms with van der Waals surface area (Å²) in [4.78, 5) is 59.7. The van der Waals surface area contributed by atoms with E-state index in [0.29, 0.717) is 29.2 Å². The molecular weight excluding hydrogens is 560 g/mol. The predicted octanol–water partition coefficient (Wildman–Crippen LogP) is 4.97. The molecule has 7 rings (SSSR count). The van der Waals surface area contributed by atoms with Crippen LogP contribution in [-0.2, 0) is 19.2 Å². The molecule has 3 aliphatic carbocycles. The molecule has 5 aliphatic rings. The molecule has 9 nitrogen and oxygen atoms in total. The molecule has 0 unspecified atom stereocenters. The number of phenols is 1. The lowest BCUT2D eigenvalue weighted by atomic mass is 9.51. The van der Waals surface area contributed by atoms with Gasteiger partial charge in [0.05, 0.1) is 43.1 Å². The molecule has 2 aromatic rings. The van der Waals surface area contributed by atoms with Gasteiger partial charge in [0.2, 0.25) is 23.6 Å². The van der Waals surface area contributed by atoms with Gasteiger partial charge in [-0.3, -0.25) is 24.1 Å². The predicted molar refractivity (Wildman–Crippen MR) is 161 cm³/mol. The highest BCUT2D eigenvalue weighted by Gasteiger charge is 2.68. The molecule has 9 heteroatoms. The Balaban J connectivity index is 1.39. The molecule has 1 N–H and O–H groups in total. The summed E-state index contributed by atoms with van der Waals surface area (Å²) in [7, 11) is 2.98. The van der Waals surface area contributed by atoms with Crippen LogP contribution in [-0.4, -0.2) is 53.9 Å². The van der Waals surface area contributed by atoms with Gasteiger partial charge < -0.3 is 14.6 Å². The summed E-state index contributed by atoms with van der Waals surface area (Å²) in [6.45, 7) is 1.80. The number of hydrogen-bond donors (Lipinski definition) is 1. The number of nitrogens with zero attached hydrogens (tertiary/aromatic N) is 2. The molecule has 230 valence electrons. The third kappa shape index (κ3) is 3.90. The first-order valence-corrected chi connectivity index (χ1v) is 15.7. The monoisotopic (exact) mass is 598 g/mol. The molecule has 0 aromatic heterocycles. The van der Waals surface area contributed by atoms with Crippen molar-refractivity contribution >= 4 is 29.3 Å². The number of amides is 4. The highest BCUT2D eigenvalue weighted by Crippen LogP contribution is 2.65. The zero-order valence-electron chi connectivity index (χ0n) is 25.3. The quantitative estimate of drug-likeness (QED) is 0.382. The fraction of sp³-hybridized carbons (Fsp3) is 0.486. The Hall–Kier alpha value is -4.14. The number of carbonyl (C=O) groups excluding carboxylic acids is 4. The largest absolute Gasteiger partial charge is 0.507 e. The number of likely N-dealkylation sites (tertiary alicyclic amines) is 1. The second-order valence-electron chi connectivity index (χ2n) is 13.1. The second kappa shape index (κ2) is 10.5. The molecule has 0 bridgehead atoms. The van der Waals surface area contributed by atoms with Gasteiger partial charge in [0, 0.05) is 29.7 Å². The number of rotatable bonds is 5. The van der Waals surface area contributed by atoms with Gasteiger partial charge in [0.15, 0.2) is 0 Å². The van der Waals surface area contributed by atoms with Crippen molar-refractivity contribution in [3.8, 4) is 17.2 Å². The lowest BCUT2D eigenvalue weighted by Gasteiger charge is -2.49. The Morgan fingerprint density at radius 1 is 0.886 bits per heavy atom. The Bertz CT molecular complexity index is 1580. The summed E-state index contributed by atoms with van der Waals surface area (Å²) in [6, 6.07) is 11.9. The van der Waals surface area contributed by atoms with Crippen molar-refractivity contribution in [2.75, 3.05) is 19.1 Å². The standard InChI is InChI=1S/C35H38N2O7/c1-35-25(32(40)37(34(35)42)20-12-8-5-9-13-20)18-24-22(30(35)29-26(38)16-21(43-2)17-27(29)44-3)14-15-23-28(24)33(41)36(31(23)39)19-10-6-4-7-11-19/h5,8-9,12-14,16-17,19,23-25,28,30,38H,4,6-7,10-11,15,18H2,1-3H3/t23-,24+,25-,28-,30+,35+/m0/s1. The van der Waals surface area contributed by atoms with Crippen LogP contribution in [0.4, 0.5) is 5.69 Å². The second-order valence-corrected chi connectivity index (χ2v) is 13.1. The SMILES string of the molecule is COc1cc(O)c([C@H]2C3=CC[C@@H]4C(=O)N(C5CCCCC5)C(=O)[C@@H]4[C@@H]3C[C@H]3C(=O)N(c4ccccc4)C(=O)[C@@]23C)c(OC)c1. The number of anilines is 1. The average molecular weight is 599 g/mol. The van der Waals surface area contributed by atoms with E-state index in [4.69, 9.17) is 9.47 Å². The Morgan fingerprint density at radius 3 is 2.30 bits per heavy atom. The number of benzene rings is 2. The fourth-order valence-corrected chi connectivity index (χ4v) is 9.03. The van der Waals surface area contributed by atoms with Gasteiger partial charge in [-0.05, 0) is 50.7 Å². The summed E-state index contributed by atoms with van der Waals surface area (Å²) >= 11 is 0. The minimum absolute atomic E-state index is 0.0866. The van der Waals surface area contributed by atoms with Crippen molar-refractivity contribution in [2.24, 2.45) is 29.1 Å². The summed E-state index contributed by atoms with van der Waals surface area (Å²) in [5, 5.41) is 11.5. The minimum atomic E-state index is -1.28. The van der Waals surface area contributed by atoms with E-state index in [1.807, 2.05) is 12.1 Å². The van der Waals surface area contributed by atoms with Gasteiger partial charge in [0.25, 0.3) is 0 Å². The molecule has 44 heavy (non-hydrogen) atoms. The van der Waals surface area contributed by atoms with E-state index in [1.54, 1.807) is 37.3 Å². The van der Waals surface area contributed by atoms with Crippen LogP contribution in [0.2, 0.25) is 0 Å².